The zero-order valence-corrected chi connectivity index (χ0v) is 15.2. The van der Waals surface area contributed by atoms with Crippen molar-refractivity contribution in [3.8, 4) is 11.6 Å². The Morgan fingerprint density at radius 1 is 1.20 bits per heavy atom. The first-order valence-corrected chi connectivity index (χ1v) is 8.40. The topological polar surface area (TPSA) is 85.4 Å². The highest BCUT2D eigenvalue weighted by Gasteiger charge is 2.10. The molecule has 1 aromatic heterocycles. The smallest absolute Gasteiger partial charge is 0.303 e. The van der Waals surface area contributed by atoms with Gasteiger partial charge in [0.2, 0.25) is 5.88 Å². The van der Waals surface area contributed by atoms with E-state index in [1.54, 1.807) is 6.20 Å². The van der Waals surface area contributed by atoms with Crippen LogP contribution in [0.3, 0.4) is 0 Å². The number of hydrogen-bond donors (Lipinski definition) is 2. The summed E-state index contributed by atoms with van der Waals surface area (Å²) in [4.78, 5) is 14.2. The standard InChI is InChI=1S/C12H12N2O.C8H16O2/c13-9-10-6-7-14-12(8-10)15-11-4-2-1-3-5-11;1-8(2,3)6-4-5-7(9)10/h1-8H,9,13H2;4-6H2,1-3H3,(H,9,10). The fourth-order valence-corrected chi connectivity index (χ4v) is 2.01. The molecule has 0 radical (unpaired) electrons. The summed E-state index contributed by atoms with van der Waals surface area (Å²) in [6, 6.07) is 13.3. The van der Waals surface area contributed by atoms with Gasteiger partial charge in [-0.1, -0.05) is 39.0 Å². The van der Waals surface area contributed by atoms with Gasteiger partial charge in [0.25, 0.3) is 0 Å². The molecule has 1 aromatic carbocycles. The van der Waals surface area contributed by atoms with E-state index >= 15 is 0 Å². The van der Waals surface area contributed by atoms with Gasteiger partial charge in [-0.15, -0.1) is 0 Å². The number of rotatable bonds is 6. The summed E-state index contributed by atoms with van der Waals surface area (Å²) in [7, 11) is 0. The van der Waals surface area contributed by atoms with E-state index in [1.165, 1.54) is 0 Å². The molecule has 5 heteroatoms. The summed E-state index contributed by atoms with van der Waals surface area (Å²) in [5.74, 6) is 0.660. The SMILES string of the molecule is CC(C)(C)CCCC(=O)O.NCc1ccnc(Oc2ccccc2)c1. The van der Waals surface area contributed by atoms with Gasteiger partial charge in [-0.05, 0) is 42.0 Å². The fraction of sp³-hybridized carbons (Fsp3) is 0.400. The number of aliphatic carboxylic acids is 1. The number of carbonyl (C=O) groups is 1. The predicted octanol–water partition coefficient (Wildman–Crippen LogP) is 4.62. The highest BCUT2D eigenvalue weighted by atomic mass is 16.5. The predicted molar refractivity (Wildman–Crippen MR) is 99.6 cm³/mol. The second-order valence-corrected chi connectivity index (χ2v) is 6.93. The third kappa shape index (κ3) is 10.1. The number of hydrogen-bond acceptors (Lipinski definition) is 4. The van der Waals surface area contributed by atoms with E-state index in [0.29, 0.717) is 18.8 Å². The van der Waals surface area contributed by atoms with Gasteiger partial charge < -0.3 is 15.6 Å². The second-order valence-electron chi connectivity index (χ2n) is 6.93. The molecular formula is C20H28N2O3. The zero-order chi connectivity index (χ0) is 18.7. The minimum absolute atomic E-state index is 0.273. The van der Waals surface area contributed by atoms with Gasteiger partial charge in [-0.2, -0.15) is 0 Å². The number of nitrogens with zero attached hydrogens (tertiary/aromatic N) is 1. The molecule has 0 aliphatic rings. The third-order valence-electron chi connectivity index (χ3n) is 3.32. The summed E-state index contributed by atoms with van der Waals surface area (Å²) in [5, 5.41) is 8.31. The summed E-state index contributed by atoms with van der Waals surface area (Å²) in [6.45, 7) is 6.85. The van der Waals surface area contributed by atoms with Gasteiger partial charge in [0, 0.05) is 25.2 Å². The van der Waals surface area contributed by atoms with E-state index in [2.05, 4.69) is 25.8 Å². The first-order chi connectivity index (χ1) is 11.8. The number of aromatic nitrogens is 1. The van der Waals surface area contributed by atoms with Gasteiger partial charge in [-0.3, -0.25) is 4.79 Å². The molecule has 0 aliphatic heterocycles. The molecule has 3 N–H and O–H groups in total. The Hall–Kier alpha value is -2.40. The number of carboxylic acids is 1. The lowest BCUT2D eigenvalue weighted by Gasteiger charge is -2.16. The van der Waals surface area contributed by atoms with E-state index in [4.69, 9.17) is 15.6 Å². The molecule has 5 nitrogen and oxygen atoms in total. The van der Waals surface area contributed by atoms with Crippen molar-refractivity contribution in [2.24, 2.45) is 11.1 Å². The van der Waals surface area contributed by atoms with Crippen molar-refractivity contribution >= 4 is 5.97 Å². The van der Waals surface area contributed by atoms with Crippen LogP contribution in [0.15, 0.2) is 48.7 Å². The van der Waals surface area contributed by atoms with Crippen molar-refractivity contribution in [1.82, 2.24) is 4.98 Å². The normalized spacial score (nSPS) is 10.6. The number of ether oxygens (including phenoxy) is 1. The molecule has 0 atom stereocenters. The number of carboxylic acid groups (broad SMARTS) is 1. The van der Waals surface area contributed by atoms with Crippen molar-refractivity contribution in [3.63, 3.8) is 0 Å². The average Bonchev–Trinajstić information content (AvgIpc) is 2.55. The lowest BCUT2D eigenvalue weighted by molar-refractivity contribution is -0.137. The Balaban J connectivity index is 0.000000275. The van der Waals surface area contributed by atoms with Gasteiger partial charge in [0.1, 0.15) is 5.75 Å². The molecule has 136 valence electrons. The van der Waals surface area contributed by atoms with E-state index in [-0.39, 0.29) is 5.41 Å². The Morgan fingerprint density at radius 3 is 2.44 bits per heavy atom. The Bertz CT molecular complexity index is 637. The average molecular weight is 344 g/mol. The molecule has 2 aromatic rings. The molecular weight excluding hydrogens is 316 g/mol. The molecule has 1 heterocycles. The maximum Gasteiger partial charge on any atom is 0.303 e. The number of benzene rings is 1. The molecule has 0 amide bonds. The molecule has 0 unspecified atom stereocenters. The summed E-state index contributed by atoms with van der Waals surface area (Å²) in [5.41, 5.74) is 6.81. The molecule has 0 saturated carbocycles. The van der Waals surface area contributed by atoms with E-state index in [9.17, 15) is 4.79 Å². The number of nitrogens with two attached hydrogens (primary N) is 1. The lowest BCUT2D eigenvalue weighted by atomic mass is 9.90. The van der Waals surface area contributed by atoms with E-state index < -0.39 is 5.97 Å². The molecule has 0 bridgehead atoms. The lowest BCUT2D eigenvalue weighted by Crippen LogP contribution is -2.05. The van der Waals surface area contributed by atoms with Gasteiger partial charge in [0.15, 0.2) is 0 Å². The van der Waals surface area contributed by atoms with Gasteiger partial charge in [0.05, 0.1) is 0 Å². The molecule has 25 heavy (non-hydrogen) atoms. The number of pyridine rings is 1. The van der Waals surface area contributed by atoms with Gasteiger partial charge >= 0.3 is 5.97 Å². The first kappa shape index (κ1) is 20.6. The quantitative estimate of drug-likeness (QED) is 0.798. The Labute approximate surface area is 149 Å². The maximum absolute atomic E-state index is 10.1. The third-order valence-corrected chi connectivity index (χ3v) is 3.32. The van der Waals surface area contributed by atoms with Gasteiger partial charge in [-0.25, -0.2) is 4.98 Å². The fourth-order valence-electron chi connectivity index (χ4n) is 2.01. The van der Waals surface area contributed by atoms with Crippen LogP contribution in [-0.4, -0.2) is 16.1 Å². The van der Waals surface area contributed by atoms with Crippen LogP contribution in [-0.2, 0) is 11.3 Å². The molecule has 0 spiro atoms. The van der Waals surface area contributed by atoms with Crippen LogP contribution in [0.5, 0.6) is 11.6 Å². The van der Waals surface area contributed by atoms with Crippen LogP contribution >= 0.6 is 0 Å². The van der Waals surface area contributed by atoms with Crippen LogP contribution in [0.25, 0.3) is 0 Å². The van der Waals surface area contributed by atoms with Crippen molar-refractivity contribution < 1.29 is 14.6 Å². The molecule has 0 saturated heterocycles. The van der Waals surface area contributed by atoms with Crippen molar-refractivity contribution in [2.45, 2.75) is 46.6 Å². The van der Waals surface area contributed by atoms with Crippen LogP contribution in [0.4, 0.5) is 0 Å². The van der Waals surface area contributed by atoms with Crippen molar-refractivity contribution in [2.75, 3.05) is 0 Å². The highest BCUT2D eigenvalue weighted by Crippen LogP contribution is 2.21. The van der Waals surface area contributed by atoms with Crippen LogP contribution < -0.4 is 10.5 Å². The highest BCUT2D eigenvalue weighted by molar-refractivity contribution is 5.66. The number of para-hydroxylation sites is 1. The van der Waals surface area contributed by atoms with E-state index in [0.717, 1.165) is 24.2 Å². The van der Waals surface area contributed by atoms with Crippen LogP contribution in [0, 0.1) is 5.41 Å². The maximum atomic E-state index is 10.1. The van der Waals surface area contributed by atoms with Crippen LogP contribution in [0.1, 0.15) is 45.6 Å². The summed E-state index contributed by atoms with van der Waals surface area (Å²) >= 11 is 0. The van der Waals surface area contributed by atoms with Crippen LogP contribution in [0.2, 0.25) is 0 Å². The second kappa shape index (κ2) is 10.5. The minimum Gasteiger partial charge on any atom is -0.481 e. The minimum atomic E-state index is -0.691. The Morgan fingerprint density at radius 2 is 1.88 bits per heavy atom. The molecule has 2 rings (SSSR count). The molecule has 0 fully saturated rings. The summed E-state index contributed by atoms with van der Waals surface area (Å²) in [6.07, 6.45) is 3.77. The Kier molecular flexibility index (Phi) is 8.64. The summed E-state index contributed by atoms with van der Waals surface area (Å²) < 4.78 is 5.55. The monoisotopic (exact) mass is 344 g/mol. The zero-order valence-electron chi connectivity index (χ0n) is 15.2. The molecule has 0 aliphatic carbocycles. The van der Waals surface area contributed by atoms with Crippen molar-refractivity contribution in [1.29, 1.82) is 0 Å². The van der Waals surface area contributed by atoms with E-state index in [1.807, 2.05) is 42.5 Å². The first-order valence-electron chi connectivity index (χ1n) is 8.40. The largest absolute Gasteiger partial charge is 0.481 e. The van der Waals surface area contributed by atoms with Crippen molar-refractivity contribution in [3.05, 3.63) is 54.2 Å².